The molecular weight excluding hydrogens is 299 g/mol. The Bertz CT molecular complexity index is 606. The van der Waals surface area contributed by atoms with E-state index < -0.39 is 0 Å². The minimum atomic E-state index is 0.349. The normalized spacial score (nSPS) is 13.2. The zero-order chi connectivity index (χ0) is 15.6. The first-order valence-electron chi connectivity index (χ1n) is 7.32. The van der Waals surface area contributed by atoms with Crippen molar-refractivity contribution in [3.05, 3.63) is 58.1 Å². The van der Waals surface area contributed by atoms with Gasteiger partial charge in [0.1, 0.15) is 0 Å². The van der Waals surface area contributed by atoms with Crippen LogP contribution in [0, 0.1) is 5.41 Å². The van der Waals surface area contributed by atoms with E-state index in [0.29, 0.717) is 21.4 Å². The Morgan fingerprint density at radius 1 is 0.857 bits per heavy atom. The molecule has 2 aromatic rings. The molecule has 21 heavy (non-hydrogen) atoms. The first-order chi connectivity index (χ1) is 9.76. The van der Waals surface area contributed by atoms with E-state index in [2.05, 4.69) is 52.0 Å². The second kappa shape index (κ2) is 6.42. The summed E-state index contributed by atoms with van der Waals surface area (Å²) in [5.41, 5.74) is 4.00. The molecule has 0 aliphatic carbocycles. The lowest BCUT2D eigenvalue weighted by Crippen LogP contribution is -2.09. The molecule has 112 valence electrons. The van der Waals surface area contributed by atoms with Crippen LogP contribution in [0.1, 0.15) is 45.6 Å². The van der Waals surface area contributed by atoms with Crippen molar-refractivity contribution in [2.45, 2.75) is 40.0 Å². The molecule has 0 N–H and O–H groups in total. The molecule has 1 atom stereocenters. The van der Waals surface area contributed by atoms with Crippen molar-refractivity contribution in [3.8, 4) is 11.1 Å². The summed E-state index contributed by atoms with van der Waals surface area (Å²) in [5, 5.41) is 1.19. The molecule has 0 fully saturated rings. The molecule has 0 bridgehead atoms. The van der Waals surface area contributed by atoms with E-state index in [1.165, 1.54) is 17.5 Å². The van der Waals surface area contributed by atoms with Gasteiger partial charge in [0.25, 0.3) is 0 Å². The van der Waals surface area contributed by atoms with E-state index in [-0.39, 0.29) is 0 Å². The highest BCUT2D eigenvalue weighted by Crippen LogP contribution is 2.33. The lowest BCUT2D eigenvalue weighted by Gasteiger charge is -2.23. The number of hydrogen-bond acceptors (Lipinski definition) is 0. The highest BCUT2D eigenvalue weighted by Gasteiger charge is 2.16. The van der Waals surface area contributed by atoms with Gasteiger partial charge in [-0.2, -0.15) is 0 Å². The maximum Gasteiger partial charge on any atom is 0.0598 e. The second-order valence-electron chi connectivity index (χ2n) is 6.92. The third-order valence-electron chi connectivity index (χ3n) is 3.65. The third kappa shape index (κ3) is 4.49. The highest BCUT2D eigenvalue weighted by atomic mass is 35.5. The summed E-state index contributed by atoms with van der Waals surface area (Å²) >= 11 is 12.1. The van der Waals surface area contributed by atoms with Crippen LogP contribution in [0.15, 0.2) is 42.5 Å². The summed E-state index contributed by atoms with van der Waals surface area (Å²) < 4.78 is 0. The number of benzene rings is 2. The second-order valence-corrected chi connectivity index (χ2v) is 7.73. The van der Waals surface area contributed by atoms with Crippen molar-refractivity contribution in [2.75, 3.05) is 0 Å². The van der Waals surface area contributed by atoms with Gasteiger partial charge in [0.2, 0.25) is 0 Å². The van der Waals surface area contributed by atoms with Gasteiger partial charge in [-0.3, -0.25) is 0 Å². The van der Waals surface area contributed by atoms with Crippen molar-refractivity contribution < 1.29 is 0 Å². The van der Waals surface area contributed by atoms with Crippen LogP contribution in [0.3, 0.4) is 0 Å². The van der Waals surface area contributed by atoms with Gasteiger partial charge in [-0.25, -0.2) is 0 Å². The predicted octanol–water partition coefficient (Wildman–Crippen LogP) is 7.20. The lowest BCUT2D eigenvalue weighted by molar-refractivity contribution is 0.349. The van der Waals surface area contributed by atoms with Gasteiger partial charge < -0.3 is 0 Å². The molecular formula is C19H22Cl2. The largest absolute Gasteiger partial charge is 0.0827 e. The first-order valence-corrected chi connectivity index (χ1v) is 8.07. The highest BCUT2D eigenvalue weighted by molar-refractivity contribution is 6.42. The van der Waals surface area contributed by atoms with E-state index in [1.54, 1.807) is 0 Å². The molecule has 0 aliphatic rings. The third-order valence-corrected chi connectivity index (χ3v) is 4.39. The Morgan fingerprint density at radius 3 is 1.95 bits per heavy atom. The molecule has 0 aliphatic heterocycles. The molecule has 2 aromatic carbocycles. The fourth-order valence-corrected chi connectivity index (χ4v) is 3.01. The van der Waals surface area contributed by atoms with Crippen molar-refractivity contribution in [3.63, 3.8) is 0 Å². The van der Waals surface area contributed by atoms with Crippen LogP contribution in [-0.2, 0) is 0 Å². The monoisotopic (exact) mass is 320 g/mol. The summed E-state index contributed by atoms with van der Waals surface area (Å²) in [4.78, 5) is 0. The summed E-state index contributed by atoms with van der Waals surface area (Å²) in [6.45, 7) is 9.15. The van der Waals surface area contributed by atoms with Crippen LogP contribution in [0.5, 0.6) is 0 Å². The van der Waals surface area contributed by atoms with E-state index in [9.17, 15) is 0 Å². The Morgan fingerprint density at radius 2 is 1.43 bits per heavy atom. The minimum absolute atomic E-state index is 0.349. The average molecular weight is 321 g/mol. The minimum Gasteiger partial charge on any atom is -0.0827 e. The van der Waals surface area contributed by atoms with E-state index >= 15 is 0 Å². The zero-order valence-corrected chi connectivity index (χ0v) is 14.6. The van der Waals surface area contributed by atoms with Crippen LogP contribution < -0.4 is 0 Å². The molecule has 0 saturated heterocycles. The Hall–Kier alpha value is -0.980. The molecule has 0 amide bonds. The van der Waals surface area contributed by atoms with Crippen LogP contribution in [0.25, 0.3) is 11.1 Å². The Balaban J connectivity index is 2.20. The van der Waals surface area contributed by atoms with Crippen LogP contribution in [0.4, 0.5) is 0 Å². The lowest BCUT2D eigenvalue weighted by atomic mass is 9.82. The Labute approximate surface area is 138 Å². The number of hydrogen-bond donors (Lipinski definition) is 0. The SMILES string of the molecule is CC(CC(C)(C)C)c1ccc(-c2ccc(Cl)c(Cl)c2)cc1. The molecule has 2 heteroatoms. The van der Waals surface area contributed by atoms with Crippen LogP contribution >= 0.6 is 23.2 Å². The summed E-state index contributed by atoms with van der Waals surface area (Å²) in [5.74, 6) is 0.563. The van der Waals surface area contributed by atoms with E-state index in [4.69, 9.17) is 23.2 Å². The number of rotatable bonds is 3. The van der Waals surface area contributed by atoms with Gasteiger partial charge in [0.05, 0.1) is 10.0 Å². The predicted molar refractivity (Wildman–Crippen MR) is 94.4 cm³/mol. The zero-order valence-electron chi connectivity index (χ0n) is 13.1. The molecule has 0 spiro atoms. The van der Waals surface area contributed by atoms with Gasteiger partial charge in [0, 0.05) is 0 Å². The van der Waals surface area contributed by atoms with E-state index in [0.717, 1.165) is 5.56 Å². The van der Waals surface area contributed by atoms with Gasteiger partial charge in [0.15, 0.2) is 0 Å². The molecule has 0 saturated carbocycles. The molecule has 2 rings (SSSR count). The molecule has 0 nitrogen and oxygen atoms in total. The van der Waals surface area contributed by atoms with Gasteiger partial charge in [-0.1, -0.05) is 81.2 Å². The smallest absolute Gasteiger partial charge is 0.0598 e. The number of halogens is 2. The van der Waals surface area contributed by atoms with Gasteiger partial charge >= 0.3 is 0 Å². The van der Waals surface area contributed by atoms with Crippen molar-refractivity contribution in [1.29, 1.82) is 0 Å². The van der Waals surface area contributed by atoms with Crippen molar-refractivity contribution >= 4 is 23.2 Å². The standard InChI is InChI=1S/C19H22Cl2/c1-13(12-19(2,3)4)14-5-7-15(8-6-14)16-9-10-17(20)18(21)11-16/h5-11,13H,12H2,1-4H3. The fraction of sp³-hybridized carbons (Fsp3) is 0.368. The molecule has 0 aromatic heterocycles. The van der Waals surface area contributed by atoms with Gasteiger partial charge in [-0.05, 0) is 46.6 Å². The molecule has 1 unspecified atom stereocenters. The fourth-order valence-electron chi connectivity index (χ4n) is 2.72. The maximum absolute atomic E-state index is 6.09. The summed E-state index contributed by atoms with van der Waals surface area (Å²) in [6, 6.07) is 14.5. The van der Waals surface area contributed by atoms with E-state index in [1.807, 2.05) is 18.2 Å². The summed E-state index contributed by atoms with van der Waals surface area (Å²) in [6.07, 6.45) is 1.18. The summed E-state index contributed by atoms with van der Waals surface area (Å²) in [7, 11) is 0. The van der Waals surface area contributed by atoms with Crippen LogP contribution in [-0.4, -0.2) is 0 Å². The maximum atomic E-state index is 6.09. The first kappa shape index (κ1) is 16.4. The topological polar surface area (TPSA) is 0 Å². The Kier molecular flexibility index (Phi) is 5.01. The van der Waals surface area contributed by atoms with Crippen molar-refractivity contribution in [2.24, 2.45) is 5.41 Å². The average Bonchev–Trinajstić information content (AvgIpc) is 2.40. The molecule has 0 heterocycles. The van der Waals surface area contributed by atoms with Crippen LogP contribution in [0.2, 0.25) is 10.0 Å². The molecule has 0 radical (unpaired) electrons. The van der Waals surface area contributed by atoms with Crippen molar-refractivity contribution in [1.82, 2.24) is 0 Å². The van der Waals surface area contributed by atoms with Gasteiger partial charge in [-0.15, -0.1) is 0 Å². The quantitative estimate of drug-likeness (QED) is 0.560.